The molecule has 2 rings (SSSR count). The predicted octanol–water partition coefficient (Wildman–Crippen LogP) is 3.40. The standard InChI is InChI=1S/C16H23NO3/c1-3-11-5-4-6-13(9-11)20-16(18)14-10-12(17)7-8-15(14)19-2/h7-8,10-11,13H,3-6,9,17H2,1-2H3. The predicted molar refractivity (Wildman–Crippen MR) is 78.9 cm³/mol. The number of hydrogen-bond donors (Lipinski definition) is 1. The van der Waals surface area contributed by atoms with Crippen LogP contribution in [0.4, 0.5) is 5.69 Å². The Hall–Kier alpha value is -1.71. The van der Waals surface area contributed by atoms with Gasteiger partial charge in [0.2, 0.25) is 0 Å². The zero-order valence-electron chi connectivity index (χ0n) is 12.2. The van der Waals surface area contributed by atoms with Crippen molar-refractivity contribution in [3.8, 4) is 5.75 Å². The highest BCUT2D eigenvalue weighted by Gasteiger charge is 2.25. The van der Waals surface area contributed by atoms with Gasteiger partial charge in [-0.2, -0.15) is 0 Å². The van der Waals surface area contributed by atoms with Gasteiger partial charge in [0.25, 0.3) is 0 Å². The van der Waals surface area contributed by atoms with Crippen LogP contribution in [-0.2, 0) is 4.74 Å². The lowest BCUT2D eigenvalue weighted by atomic mass is 9.85. The lowest BCUT2D eigenvalue weighted by Gasteiger charge is -2.28. The zero-order chi connectivity index (χ0) is 14.5. The Balaban J connectivity index is 2.06. The van der Waals surface area contributed by atoms with Crippen LogP contribution in [0.3, 0.4) is 0 Å². The molecule has 0 aromatic heterocycles. The normalized spacial score (nSPS) is 22.3. The fraction of sp³-hybridized carbons (Fsp3) is 0.562. The Labute approximate surface area is 120 Å². The Bertz CT molecular complexity index is 473. The van der Waals surface area contributed by atoms with E-state index in [2.05, 4.69) is 6.92 Å². The van der Waals surface area contributed by atoms with Gasteiger partial charge in [-0.3, -0.25) is 0 Å². The van der Waals surface area contributed by atoms with Crippen LogP contribution in [0.15, 0.2) is 18.2 Å². The number of anilines is 1. The van der Waals surface area contributed by atoms with Gasteiger partial charge in [-0.25, -0.2) is 4.79 Å². The molecule has 0 bridgehead atoms. The van der Waals surface area contributed by atoms with Crippen molar-refractivity contribution in [1.82, 2.24) is 0 Å². The minimum Gasteiger partial charge on any atom is -0.496 e. The van der Waals surface area contributed by atoms with Crippen LogP contribution in [0.5, 0.6) is 5.75 Å². The third-order valence-electron chi connectivity index (χ3n) is 4.03. The van der Waals surface area contributed by atoms with E-state index in [4.69, 9.17) is 15.2 Å². The van der Waals surface area contributed by atoms with Gasteiger partial charge >= 0.3 is 5.97 Å². The van der Waals surface area contributed by atoms with Crippen molar-refractivity contribution in [2.45, 2.75) is 45.1 Å². The summed E-state index contributed by atoms with van der Waals surface area (Å²) in [5.41, 5.74) is 6.68. The Morgan fingerprint density at radius 3 is 2.90 bits per heavy atom. The van der Waals surface area contributed by atoms with E-state index in [1.165, 1.54) is 13.5 Å². The first kappa shape index (κ1) is 14.7. The van der Waals surface area contributed by atoms with Crippen molar-refractivity contribution < 1.29 is 14.3 Å². The molecule has 20 heavy (non-hydrogen) atoms. The van der Waals surface area contributed by atoms with Gasteiger partial charge in [0.05, 0.1) is 7.11 Å². The van der Waals surface area contributed by atoms with Crippen LogP contribution in [0.1, 0.15) is 49.4 Å². The minimum atomic E-state index is -0.337. The largest absolute Gasteiger partial charge is 0.496 e. The highest BCUT2D eigenvalue weighted by atomic mass is 16.5. The van der Waals surface area contributed by atoms with Gasteiger partial charge in [-0.15, -0.1) is 0 Å². The third kappa shape index (κ3) is 3.44. The van der Waals surface area contributed by atoms with E-state index in [1.807, 2.05) is 0 Å². The van der Waals surface area contributed by atoms with Crippen LogP contribution in [0.25, 0.3) is 0 Å². The van der Waals surface area contributed by atoms with E-state index in [9.17, 15) is 4.79 Å². The summed E-state index contributed by atoms with van der Waals surface area (Å²) < 4.78 is 10.8. The van der Waals surface area contributed by atoms with Crippen LogP contribution in [-0.4, -0.2) is 19.2 Å². The van der Waals surface area contributed by atoms with Gasteiger partial charge < -0.3 is 15.2 Å². The molecule has 4 heteroatoms. The lowest BCUT2D eigenvalue weighted by molar-refractivity contribution is 0.0137. The van der Waals surface area contributed by atoms with Crippen molar-refractivity contribution in [2.24, 2.45) is 5.92 Å². The molecule has 2 atom stereocenters. The molecule has 1 saturated carbocycles. The first-order valence-electron chi connectivity index (χ1n) is 7.28. The Morgan fingerprint density at radius 1 is 1.40 bits per heavy atom. The number of methoxy groups -OCH3 is 1. The maximum atomic E-state index is 12.3. The van der Waals surface area contributed by atoms with E-state index in [0.717, 1.165) is 25.7 Å². The fourth-order valence-electron chi connectivity index (χ4n) is 2.82. The quantitative estimate of drug-likeness (QED) is 0.676. The van der Waals surface area contributed by atoms with Crippen LogP contribution in [0, 0.1) is 5.92 Å². The fourth-order valence-corrected chi connectivity index (χ4v) is 2.82. The highest BCUT2D eigenvalue weighted by molar-refractivity contribution is 5.93. The average molecular weight is 277 g/mol. The van der Waals surface area contributed by atoms with Crippen LogP contribution < -0.4 is 10.5 Å². The molecular weight excluding hydrogens is 254 g/mol. The molecule has 2 unspecified atom stereocenters. The van der Waals surface area contributed by atoms with Crippen molar-refractivity contribution in [3.63, 3.8) is 0 Å². The summed E-state index contributed by atoms with van der Waals surface area (Å²) in [5, 5.41) is 0. The van der Waals surface area contributed by atoms with E-state index in [-0.39, 0.29) is 12.1 Å². The number of carbonyl (C=O) groups excluding carboxylic acids is 1. The number of nitrogen functional groups attached to an aromatic ring is 1. The summed E-state index contributed by atoms with van der Waals surface area (Å²) in [4.78, 5) is 12.3. The summed E-state index contributed by atoms with van der Waals surface area (Å²) in [6.45, 7) is 2.19. The van der Waals surface area contributed by atoms with E-state index in [1.54, 1.807) is 18.2 Å². The van der Waals surface area contributed by atoms with Gasteiger partial charge in [0, 0.05) is 5.69 Å². The average Bonchev–Trinajstić information content (AvgIpc) is 2.47. The number of nitrogens with two attached hydrogens (primary N) is 1. The zero-order valence-corrected chi connectivity index (χ0v) is 12.2. The SMILES string of the molecule is CCC1CCCC(OC(=O)c2cc(N)ccc2OC)C1. The molecule has 1 aliphatic rings. The Morgan fingerprint density at radius 2 is 2.20 bits per heavy atom. The van der Waals surface area contributed by atoms with Crippen LogP contribution >= 0.6 is 0 Å². The maximum Gasteiger partial charge on any atom is 0.342 e. The molecule has 2 N–H and O–H groups in total. The molecule has 0 radical (unpaired) electrons. The van der Waals surface area contributed by atoms with Crippen molar-refractivity contribution in [1.29, 1.82) is 0 Å². The first-order valence-corrected chi connectivity index (χ1v) is 7.28. The smallest absolute Gasteiger partial charge is 0.342 e. The second-order valence-electron chi connectivity index (χ2n) is 5.43. The van der Waals surface area contributed by atoms with Gasteiger partial charge in [0.1, 0.15) is 17.4 Å². The molecular formula is C16H23NO3. The number of ether oxygens (including phenoxy) is 2. The number of carbonyl (C=O) groups is 1. The topological polar surface area (TPSA) is 61.5 Å². The molecule has 0 amide bonds. The van der Waals surface area contributed by atoms with Gasteiger partial charge in [0.15, 0.2) is 0 Å². The molecule has 4 nitrogen and oxygen atoms in total. The molecule has 110 valence electrons. The number of esters is 1. The first-order chi connectivity index (χ1) is 9.63. The lowest BCUT2D eigenvalue weighted by Crippen LogP contribution is -2.25. The monoisotopic (exact) mass is 277 g/mol. The van der Waals surface area contributed by atoms with Crippen molar-refractivity contribution >= 4 is 11.7 Å². The summed E-state index contributed by atoms with van der Waals surface area (Å²) in [7, 11) is 1.54. The summed E-state index contributed by atoms with van der Waals surface area (Å²) in [6.07, 6.45) is 5.46. The molecule has 1 aromatic rings. The Kier molecular flexibility index (Phi) is 4.88. The molecule has 0 aliphatic heterocycles. The molecule has 1 aliphatic carbocycles. The minimum absolute atomic E-state index is 0.0207. The van der Waals surface area contributed by atoms with Crippen molar-refractivity contribution in [3.05, 3.63) is 23.8 Å². The maximum absolute atomic E-state index is 12.3. The van der Waals surface area contributed by atoms with Crippen molar-refractivity contribution in [2.75, 3.05) is 12.8 Å². The third-order valence-corrected chi connectivity index (χ3v) is 4.03. The second kappa shape index (κ2) is 6.64. The number of hydrogen-bond acceptors (Lipinski definition) is 4. The second-order valence-corrected chi connectivity index (χ2v) is 5.43. The van der Waals surface area contributed by atoms with Crippen LogP contribution in [0.2, 0.25) is 0 Å². The highest BCUT2D eigenvalue weighted by Crippen LogP contribution is 2.30. The number of rotatable bonds is 4. The molecule has 1 fully saturated rings. The summed E-state index contributed by atoms with van der Waals surface area (Å²) in [6, 6.07) is 5.02. The molecule has 0 spiro atoms. The summed E-state index contributed by atoms with van der Waals surface area (Å²) >= 11 is 0. The van der Waals surface area contributed by atoms with Gasteiger partial charge in [-0.05, 0) is 43.4 Å². The van der Waals surface area contributed by atoms with E-state index >= 15 is 0 Å². The molecule has 0 heterocycles. The van der Waals surface area contributed by atoms with E-state index < -0.39 is 0 Å². The van der Waals surface area contributed by atoms with Gasteiger partial charge in [-0.1, -0.05) is 19.8 Å². The molecule has 0 saturated heterocycles. The van der Waals surface area contributed by atoms with E-state index in [0.29, 0.717) is 22.9 Å². The molecule has 1 aromatic carbocycles. The summed E-state index contributed by atoms with van der Waals surface area (Å²) in [5.74, 6) is 0.840. The number of benzene rings is 1.